The molecule has 2 rings (SSSR count). The molecular weight excluding hydrogens is 194 g/mol. The molecule has 16 heavy (non-hydrogen) atoms. The Bertz CT molecular complexity index is 332. The number of benzene rings is 1. The van der Waals surface area contributed by atoms with Crippen LogP contribution >= 0.6 is 0 Å². The van der Waals surface area contributed by atoms with Crippen LogP contribution in [0.25, 0.3) is 0 Å². The minimum Gasteiger partial charge on any atom is -0.306 e. The normalized spacial score (nSPS) is 22.2. The molecule has 1 heterocycles. The molecule has 1 nitrogen and oxygen atoms in total. The van der Waals surface area contributed by atoms with Crippen molar-refractivity contribution < 1.29 is 0 Å². The van der Waals surface area contributed by atoms with Crippen LogP contribution in [-0.2, 0) is 6.42 Å². The van der Waals surface area contributed by atoms with Crippen molar-refractivity contribution in [2.24, 2.45) is 0 Å². The molecule has 1 aliphatic rings. The van der Waals surface area contributed by atoms with Gasteiger partial charge in [0.2, 0.25) is 0 Å². The topological polar surface area (TPSA) is 3.24 Å². The van der Waals surface area contributed by atoms with Crippen LogP contribution < -0.4 is 0 Å². The number of nitrogens with zero attached hydrogens (tertiary/aromatic N) is 1. The van der Waals surface area contributed by atoms with Gasteiger partial charge in [0.1, 0.15) is 0 Å². The summed E-state index contributed by atoms with van der Waals surface area (Å²) in [6, 6.07) is 9.23. The number of likely N-dealkylation sites (tertiary alicyclic amines) is 1. The number of rotatable bonds is 3. The van der Waals surface area contributed by atoms with Gasteiger partial charge in [0.05, 0.1) is 0 Å². The molecule has 0 bridgehead atoms. The molecule has 0 N–H and O–H groups in total. The molecule has 1 aliphatic heterocycles. The van der Waals surface area contributed by atoms with Crippen molar-refractivity contribution in [3.63, 3.8) is 0 Å². The summed E-state index contributed by atoms with van der Waals surface area (Å²) in [4.78, 5) is 2.46. The van der Waals surface area contributed by atoms with Crippen LogP contribution in [-0.4, -0.2) is 25.0 Å². The van der Waals surface area contributed by atoms with Crippen molar-refractivity contribution in [1.82, 2.24) is 4.90 Å². The van der Waals surface area contributed by atoms with E-state index in [9.17, 15) is 0 Å². The Morgan fingerprint density at radius 3 is 3.00 bits per heavy atom. The molecule has 0 aliphatic carbocycles. The molecule has 0 radical (unpaired) electrons. The number of hydrogen-bond acceptors (Lipinski definition) is 1. The molecular formula is C15H23N. The summed E-state index contributed by atoms with van der Waals surface area (Å²) in [6.07, 6.45) is 5.17. The molecule has 0 amide bonds. The highest BCUT2D eigenvalue weighted by molar-refractivity contribution is 5.27. The van der Waals surface area contributed by atoms with Gasteiger partial charge >= 0.3 is 0 Å². The average molecular weight is 217 g/mol. The highest BCUT2D eigenvalue weighted by atomic mass is 15.1. The first-order chi connectivity index (χ1) is 7.79. The second-order valence-electron chi connectivity index (χ2n) is 5.10. The second kappa shape index (κ2) is 5.49. The van der Waals surface area contributed by atoms with E-state index in [-0.39, 0.29) is 0 Å². The third kappa shape index (κ3) is 2.85. The lowest BCUT2D eigenvalue weighted by Crippen LogP contribution is -2.30. The van der Waals surface area contributed by atoms with Crippen molar-refractivity contribution in [1.29, 1.82) is 0 Å². The van der Waals surface area contributed by atoms with Gasteiger partial charge in [-0.2, -0.15) is 0 Å². The Kier molecular flexibility index (Phi) is 4.00. The first kappa shape index (κ1) is 11.7. The zero-order chi connectivity index (χ0) is 11.4. The average Bonchev–Trinajstić information content (AvgIpc) is 2.30. The predicted molar refractivity (Wildman–Crippen MR) is 69.9 cm³/mol. The lowest BCUT2D eigenvalue weighted by molar-refractivity contribution is 0.251. The largest absolute Gasteiger partial charge is 0.306 e. The Morgan fingerprint density at radius 1 is 1.38 bits per heavy atom. The standard InChI is InChI=1S/C15H23N/c1-3-6-13-7-4-8-14(11-13)15-9-5-10-16(2)12-15/h4,7-8,11,15H,3,5-6,9-10,12H2,1-2H3. The van der Waals surface area contributed by atoms with Gasteiger partial charge in [0.25, 0.3) is 0 Å². The van der Waals surface area contributed by atoms with Crippen LogP contribution in [0, 0.1) is 0 Å². The molecule has 1 saturated heterocycles. The maximum atomic E-state index is 2.46. The fraction of sp³-hybridized carbons (Fsp3) is 0.600. The van der Waals surface area contributed by atoms with Gasteiger partial charge in [-0.05, 0) is 49.9 Å². The highest BCUT2D eigenvalue weighted by Crippen LogP contribution is 2.26. The minimum atomic E-state index is 0.760. The summed E-state index contributed by atoms with van der Waals surface area (Å²) in [5.41, 5.74) is 3.06. The monoisotopic (exact) mass is 217 g/mol. The van der Waals surface area contributed by atoms with Crippen LogP contribution in [0.3, 0.4) is 0 Å². The lowest BCUT2D eigenvalue weighted by atomic mass is 9.89. The fourth-order valence-electron chi connectivity index (χ4n) is 2.73. The minimum absolute atomic E-state index is 0.760. The molecule has 88 valence electrons. The van der Waals surface area contributed by atoms with Crippen LogP contribution in [0.2, 0.25) is 0 Å². The van der Waals surface area contributed by atoms with E-state index in [0.717, 1.165) is 5.92 Å². The summed E-state index contributed by atoms with van der Waals surface area (Å²) in [6.45, 7) is 4.75. The zero-order valence-electron chi connectivity index (χ0n) is 10.6. The SMILES string of the molecule is CCCc1cccc(C2CCCN(C)C2)c1. The molecule has 1 unspecified atom stereocenters. The van der Waals surface area contributed by atoms with Crippen molar-refractivity contribution >= 4 is 0 Å². The number of likely N-dealkylation sites (N-methyl/N-ethyl adjacent to an activating group) is 1. The van der Waals surface area contributed by atoms with Gasteiger partial charge in [0, 0.05) is 6.54 Å². The maximum Gasteiger partial charge on any atom is 0.00472 e. The van der Waals surface area contributed by atoms with Crippen LogP contribution in [0.1, 0.15) is 43.2 Å². The third-order valence-corrected chi connectivity index (χ3v) is 3.59. The molecule has 1 aromatic rings. The quantitative estimate of drug-likeness (QED) is 0.749. The van der Waals surface area contributed by atoms with Crippen molar-refractivity contribution in [2.75, 3.05) is 20.1 Å². The van der Waals surface area contributed by atoms with E-state index >= 15 is 0 Å². The molecule has 0 saturated carbocycles. The van der Waals surface area contributed by atoms with E-state index in [4.69, 9.17) is 0 Å². The van der Waals surface area contributed by atoms with Gasteiger partial charge in [0.15, 0.2) is 0 Å². The van der Waals surface area contributed by atoms with E-state index in [1.54, 1.807) is 5.56 Å². The smallest absolute Gasteiger partial charge is 0.00472 e. The van der Waals surface area contributed by atoms with Crippen LogP contribution in [0.4, 0.5) is 0 Å². The number of piperidine rings is 1. The summed E-state index contributed by atoms with van der Waals surface area (Å²) < 4.78 is 0. The highest BCUT2D eigenvalue weighted by Gasteiger charge is 2.18. The molecule has 1 aromatic carbocycles. The maximum absolute atomic E-state index is 2.46. The van der Waals surface area contributed by atoms with Crippen molar-refractivity contribution in [2.45, 2.75) is 38.5 Å². The van der Waals surface area contributed by atoms with E-state index in [1.807, 2.05) is 0 Å². The number of aryl methyl sites for hydroxylation is 1. The Hall–Kier alpha value is -0.820. The summed E-state index contributed by atoms with van der Waals surface area (Å²) in [5.74, 6) is 0.760. The van der Waals surface area contributed by atoms with Gasteiger partial charge in [-0.15, -0.1) is 0 Å². The number of hydrogen-bond donors (Lipinski definition) is 0. The summed E-state index contributed by atoms with van der Waals surface area (Å²) in [5, 5.41) is 0. The van der Waals surface area contributed by atoms with Gasteiger partial charge in [-0.25, -0.2) is 0 Å². The summed E-state index contributed by atoms with van der Waals surface area (Å²) in [7, 11) is 2.24. The lowest BCUT2D eigenvalue weighted by Gasteiger charge is -2.30. The Balaban J connectivity index is 2.09. The Morgan fingerprint density at radius 2 is 2.25 bits per heavy atom. The van der Waals surface area contributed by atoms with Gasteiger partial charge < -0.3 is 4.90 Å². The molecule has 1 atom stereocenters. The van der Waals surface area contributed by atoms with Crippen molar-refractivity contribution in [3.8, 4) is 0 Å². The van der Waals surface area contributed by atoms with Gasteiger partial charge in [-0.1, -0.05) is 37.6 Å². The first-order valence-electron chi connectivity index (χ1n) is 6.57. The van der Waals surface area contributed by atoms with Crippen LogP contribution in [0.5, 0.6) is 0 Å². The fourth-order valence-corrected chi connectivity index (χ4v) is 2.73. The predicted octanol–water partition coefficient (Wildman–Crippen LogP) is 3.45. The van der Waals surface area contributed by atoms with E-state index in [1.165, 1.54) is 44.3 Å². The van der Waals surface area contributed by atoms with Crippen molar-refractivity contribution in [3.05, 3.63) is 35.4 Å². The van der Waals surface area contributed by atoms with Gasteiger partial charge in [-0.3, -0.25) is 0 Å². The third-order valence-electron chi connectivity index (χ3n) is 3.59. The zero-order valence-corrected chi connectivity index (χ0v) is 10.6. The first-order valence-corrected chi connectivity index (χ1v) is 6.57. The molecule has 1 fully saturated rings. The molecule has 0 spiro atoms. The van der Waals surface area contributed by atoms with E-state index < -0.39 is 0 Å². The van der Waals surface area contributed by atoms with Crippen LogP contribution in [0.15, 0.2) is 24.3 Å². The second-order valence-corrected chi connectivity index (χ2v) is 5.10. The summed E-state index contributed by atoms with van der Waals surface area (Å²) >= 11 is 0. The molecule has 0 aromatic heterocycles. The van der Waals surface area contributed by atoms with E-state index in [2.05, 4.69) is 43.1 Å². The Labute approximate surface area is 99.5 Å². The molecule has 1 heteroatoms. The van der Waals surface area contributed by atoms with E-state index in [0.29, 0.717) is 0 Å².